The lowest BCUT2D eigenvalue weighted by molar-refractivity contribution is -0.123. The van der Waals surface area contributed by atoms with E-state index >= 15 is 0 Å². The molecule has 0 aromatic heterocycles. The quantitative estimate of drug-likeness (QED) is 0.291. The number of benzene rings is 3. The van der Waals surface area contributed by atoms with E-state index in [2.05, 4.69) is 39.4 Å². The van der Waals surface area contributed by atoms with Crippen LogP contribution in [0.2, 0.25) is 0 Å². The van der Waals surface area contributed by atoms with Crippen LogP contribution in [0.5, 0.6) is 17.2 Å². The molecule has 1 N–H and O–H groups in total. The van der Waals surface area contributed by atoms with Crippen molar-refractivity contribution in [3.8, 4) is 17.2 Å². The van der Waals surface area contributed by atoms with E-state index in [1.165, 1.54) is 5.56 Å². The zero-order valence-electron chi connectivity index (χ0n) is 18.9. The Bertz CT molecular complexity index is 1130. The van der Waals surface area contributed by atoms with Crippen LogP contribution in [0.3, 0.4) is 0 Å². The van der Waals surface area contributed by atoms with E-state index in [1.54, 1.807) is 19.4 Å². The van der Waals surface area contributed by atoms with Gasteiger partial charge >= 0.3 is 0 Å². The first-order chi connectivity index (χ1) is 16.0. The van der Waals surface area contributed by atoms with Crippen molar-refractivity contribution in [2.24, 2.45) is 5.10 Å². The van der Waals surface area contributed by atoms with Gasteiger partial charge < -0.3 is 14.2 Å². The highest BCUT2D eigenvalue weighted by atomic mass is 79.9. The van der Waals surface area contributed by atoms with Crippen LogP contribution < -0.4 is 19.6 Å². The van der Waals surface area contributed by atoms with Crippen LogP contribution >= 0.6 is 15.9 Å². The molecule has 0 aliphatic carbocycles. The zero-order valence-corrected chi connectivity index (χ0v) is 20.5. The van der Waals surface area contributed by atoms with E-state index < -0.39 is 0 Å². The van der Waals surface area contributed by atoms with Gasteiger partial charge in [0.25, 0.3) is 5.91 Å². The highest BCUT2D eigenvalue weighted by molar-refractivity contribution is 9.10. The highest BCUT2D eigenvalue weighted by Crippen LogP contribution is 2.28. The Morgan fingerprint density at radius 3 is 2.55 bits per heavy atom. The zero-order chi connectivity index (χ0) is 23.6. The smallest absolute Gasteiger partial charge is 0.277 e. The number of carbonyl (C=O) groups excluding carboxylic acids is 1. The Morgan fingerprint density at radius 1 is 1.00 bits per heavy atom. The monoisotopic (exact) mass is 510 g/mol. The number of rotatable bonds is 10. The van der Waals surface area contributed by atoms with Gasteiger partial charge in [-0.1, -0.05) is 47.1 Å². The van der Waals surface area contributed by atoms with E-state index in [0.29, 0.717) is 23.9 Å². The van der Waals surface area contributed by atoms with Crippen LogP contribution in [0.1, 0.15) is 29.2 Å². The predicted molar refractivity (Wildman–Crippen MR) is 133 cm³/mol. The summed E-state index contributed by atoms with van der Waals surface area (Å²) in [5.41, 5.74) is 6.55. The van der Waals surface area contributed by atoms with E-state index in [-0.39, 0.29) is 12.5 Å². The summed E-state index contributed by atoms with van der Waals surface area (Å²) in [5.74, 6) is 1.56. The number of nitrogens with one attached hydrogen (secondary N) is 1. The molecule has 0 aliphatic heterocycles. The average molecular weight is 511 g/mol. The molecule has 0 spiro atoms. The number of hydrogen-bond acceptors (Lipinski definition) is 5. The van der Waals surface area contributed by atoms with Crippen molar-refractivity contribution in [1.29, 1.82) is 0 Å². The Hall–Kier alpha value is -3.32. The topological polar surface area (TPSA) is 69.2 Å². The van der Waals surface area contributed by atoms with Gasteiger partial charge in [0.15, 0.2) is 18.1 Å². The predicted octanol–water partition coefficient (Wildman–Crippen LogP) is 5.44. The van der Waals surface area contributed by atoms with E-state index in [4.69, 9.17) is 14.2 Å². The molecule has 0 heterocycles. The Balaban J connectivity index is 1.54. The second-order valence-electron chi connectivity index (χ2n) is 7.31. The van der Waals surface area contributed by atoms with Crippen molar-refractivity contribution in [3.05, 3.63) is 87.4 Å². The van der Waals surface area contributed by atoms with Crippen molar-refractivity contribution in [2.75, 3.05) is 13.7 Å². The van der Waals surface area contributed by atoms with E-state index in [1.807, 2.05) is 55.5 Å². The molecule has 0 unspecified atom stereocenters. The lowest BCUT2D eigenvalue weighted by Crippen LogP contribution is -2.24. The third-order valence-corrected chi connectivity index (χ3v) is 5.49. The first-order valence-electron chi connectivity index (χ1n) is 10.6. The van der Waals surface area contributed by atoms with Gasteiger partial charge in [-0.3, -0.25) is 4.79 Å². The molecule has 0 fully saturated rings. The number of methoxy groups -OCH3 is 1. The minimum atomic E-state index is -0.346. The third-order valence-electron chi connectivity index (χ3n) is 5.00. The molecule has 6 nitrogen and oxygen atoms in total. The molecule has 3 aromatic rings. The van der Waals surface area contributed by atoms with Crippen LogP contribution in [-0.2, 0) is 17.8 Å². The third kappa shape index (κ3) is 7.08. The molecule has 7 heteroatoms. The van der Waals surface area contributed by atoms with Crippen LogP contribution in [0.4, 0.5) is 0 Å². The SMILES string of the molecule is CCc1cc(Br)ccc1OCC(=O)N/N=C/c1ccc(OCc2ccccc2C)c(OC)c1. The maximum absolute atomic E-state index is 12.1. The number of nitrogens with zero attached hydrogens (tertiary/aromatic N) is 1. The molecule has 33 heavy (non-hydrogen) atoms. The first-order valence-corrected chi connectivity index (χ1v) is 11.4. The van der Waals surface area contributed by atoms with Crippen molar-refractivity contribution in [1.82, 2.24) is 5.43 Å². The Labute approximate surface area is 202 Å². The summed E-state index contributed by atoms with van der Waals surface area (Å²) in [4.78, 5) is 12.1. The molecule has 0 saturated carbocycles. The molecule has 0 saturated heterocycles. The summed E-state index contributed by atoms with van der Waals surface area (Å²) in [6, 6.07) is 19.2. The summed E-state index contributed by atoms with van der Waals surface area (Å²) in [6.07, 6.45) is 2.35. The van der Waals surface area contributed by atoms with Crippen molar-refractivity contribution >= 4 is 28.1 Å². The molecule has 1 amide bonds. The van der Waals surface area contributed by atoms with Crippen LogP contribution in [0.25, 0.3) is 0 Å². The van der Waals surface area contributed by atoms with Gasteiger partial charge in [-0.2, -0.15) is 5.10 Å². The van der Waals surface area contributed by atoms with E-state index in [0.717, 1.165) is 27.6 Å². The molecular formula is C26H27BrN2O4. The Kier molecular flexibility index (Phi) is 8.89. The molecule has 3 rings (SSSR count). The largest absolute Gasteiger partial charge is 0.493 e. The first kappa shape index (κ1) is 24.3. The standard InChI is InChI=1S/C26H27BrN2O4/c1-4-20-14-22(27)10-12-23(20)33-17-26(30)29-28-15-19-9-11-24(25(13-19)31-3)32-16-21-8-6-5-7-18(21)2/h5-15H,4,16-17H2,1-3H3,(H,29,30)/b28-15+. The fourth-order valence-corrected chi connectivity index (χ4v) is 3.54. The number of hydrazone groups is 1. The summed E-state index contributed by atoms with van der Waals surface area (Å²) in [5, 5.41) is 4.01. The second kappa shape index (κ2) is 12.1. The van der Waals surface area contributed by atoms with Crippen molar-refractivity contribution in [3.63, 3.8) is 0 Å². The van der Waals surface area contributed by atoms with Crippen LogP contribution in [0, 0.1) is 6.92 Å². The number of hydrogen-bond donors (Lipinski definition) is 1. The molecule has 0 atom stereocenters. The number of ether oxygens (including phenoxy) is 3. The van der Waals surface area contributed by atoms with Crippen LogP contribution in [-0.4, -0.2) is 25.8 Å². The minimum absolute atomic E-state index is 0.124. The Morgan fingerprint density at radius 2 is 1.79 bits per heavy atom. The molecule has 0 bridgehead atoms. The van der Waals surface area contributed by atoms with Gasteiger partial charge in [0.2, 0.25) is 0 Å². The van der Waals surface area contributed by atoms with E-state index in [9.17, 15) is 4.79 Å². The number of aryl methyl sites for hydroxylation is 2. The fraction of sp³-hybridized carbons (Fsp3) is 0.231. The molecule has 172 valence electrons. The van der Waals surface area contributed by atoms with Crippen molar-refractivity contribution in [2.45, 2.75) is 26.9 Å². The second-order valence-corrected chi connectivity index (χ2v) is 8.23. The maximum Gasteiger partial charge on any atom is 0.277 e. The molecule has 3 aromatic carbocycles. The van der Waals surface area contributed by atoms with Gasteiger partial charge in [0.05, 0.1) is 13.3 Å². The summed E-state index contributed by atoms with van der Waals surface area (Å²) in [7, 11) is 1.59. The van der Waals surface area contributed by atoms with Gasteiger partial charge in [0, 0.05) is 4.47 Å². The summed E-state index contributed by atoms with van der Waals surface area (Å²) in [6.45, 7) is 4.41. The molecule has 0 radical (unpaired) electrons. The van der Waals surface area contributed by atoms with Gasteiger partial charge in [-0.25, -0.2) is 5.43 Å². The summed E-state index contributed by atoms with van der Waals surface area (Å²) >= 11 is 3.44. The number of carbonyl (C=O) groups is 1. The lowest BCUT2D eigenvalue weighted by atomic mass is 10.1. The van der Waals surface area contributed by atoms with Crippen molar-refractivity contribution < 1.29 is 19.0 Å². The van der Waals surface area contributed by atoms with Crippen LogP contribution in [0.15, 0.2) is 70.2 Å². The number of halogens is 1. The highest BCUT2D eigenvalue weighted by Gasteiger charge is 2.08. The van der Waals surface area contributed by atoms with Gasteiger partial charge in [0.1, 0.15) is 12.4 Å². The molecular weight excluding hydrogens is 484 g/mol. The average Bonchev–Trinajstić information content (AvgIpc) is 2.83. The molecule has 0 aliphatic rings. The summed E-state index contributed by atoms with van der Waals surface area (Å²) < 4.78 is 18.0. The maximum atomic E-state index is 12.1. The van der Waals surface area contributed by atoms with Gasteiger partial charge in [-0.15, -0.1) is 0 Å². The number of amides is 1. The fourth-order valence-electron chi connectivity index (χ4n) is 3.13. The lowest BCUT2D eigenvalue weighted by Gasteiger charge is -2.12. The minimum Gasteiger partial charge on any atom is -0.493 e. The normalized spacial score (nSPS) is 10.8. The van der Waals surface area contributed by atoms with Gasteiger partial charge in [-0.05, 0) is 72.0 Å².